The van der Waals surface area contributed by atoms with Crippen LogP contribution in [0.15, 0.2) is 47.4 Å². The van der Waals surface area contributed by atoms with Crippen LogP contribution in [0.5, 0.6) is 5.75 Å². The van der Waals surface area contributed by atoms with Gasteiger partial charge in [-0.1, -0.05) is 17.7 Å². The summed E-state index contributed by atoms with van der Waals surface area (Å²) in [5.74, 6) is -0.985. The van der Waals surface area contributed by atoms with E-state index in [4.69, 9.17) is 16.3 Å². The van der Waals surface area contributed by atoms with Crippen LogP contribution in [-0.4, -0.2) is 26.7 Å². The summed E-state index contributed by atoms with van der Waals surface area (Å²) >= 11 is 5.83. The summed E-state index contributed by atoms with van der Waals surface area (Å²) in [4.78, 5) is 12.0. The zero-order valence-corrected chi connectivity index (χ0v) is 14.5. The van der Waals surface area contributed by atoms with Gasteiger partial charge >= 0.3 is 0 Å². The first-order valence-corrected chi connectivity index (χ1v) is 9.16. The van der Waals surface area contributed by atoms with Crippen LogP contribution in [0.3, 0.4) is 0 Å². The van der Waals surface area contributed by atoms with Crippen LogP contribution in [0.2, 0.25) is 5.02 Å². The highest BCUT2D eigenvalue weighted by molar-refractivity contribution is 7.90. The van der Waals surface area contributed by atoms with Crippen LogP contribution in [-0.2, 0) is 14.6 Å². The molecule has 0 saturated carbocycles. The molecule has 2 rings (SSSR count). The van der Waals surface area contributed by atoms with E-state index in [0.717, 1.165) is 24.5 Å². The molecule has 0 unspecified atom stereocenters. The van der Waals surface area contributed by atoms with E-state index in [1.54, 1.807) is 18.2 Å². The molecule has 0 bridgehead atoms. The number of hydrogen-bond acceptors (Lipinski definition) is 4. The van der Waals surface area contributed by atoms with E-state index >= 15 is 0 Å². The molecule has 24 heavy (non-hydrogen) atoms. The lowest BCUT2D eigenvalue weighted by atomic mass is 10.2. The first kappa shape index (κ1) is 18.2. The fourth-order valence-corrected chi connectivity index (χ4v) is 2.69. The van der Waals surface area contributed by atoms with E-state index in [2.05, 4.69) is 5.32 Å². The Bertz CT molecular complexity index is 870. The standard InChI is InChI=1S/C16H15ClFNO4S/c1-10(23-12-5-3-4-11(17)8-12)16(20)19-15-9-13(24(2,21)22)6-7-14(15)18/h3-10H,1-2H3,(H,19,20)/t10-/m0/s1. The van der Waals surface area contributed by atoms with Crippen molar-refractivity contribution in [2.24, 2.45) is 0 Å². The van der Waals surface area contributed by atoms with Crippen molar-refractivity contribution in [1.29, 1.82) is 0 Å². The molecule has 0 aliphatic carbocycles. The molecule has 0 radical (unpaired) electrons. The SMILES string of the molecule is C[C@H](Oc1cccc(Cl)c1)C(=O)Nc1cc(S(C)(=O)=O)ccc1F. The fraction of sp³-hybridized carbons (Fsp3) is 0.188. The third-order valence-electron chi connectivity index (χ3n) is 3.10. The molecular formula is C16H15ClFNO4S. The van der Waals surface area contributed by atoms with Crippen molar-refractivity contribution in [2.45, 2.75) is 17.9 Å². The molecule has 128 valence electrons. The second kappa shape index (κ2) is 7.19. The van der Waals surface area contributed by atoms with Crippen LogP contribution in [0.25, 0.3) is 0 Å². The number of carbonyl (C=O) groups is 1. The van der Waals surface area contributed by atoms with Crippen molar-refractivity contribution in [3.63, 3.8) is 0 Å². The molecule has 5 nitrogen and oxygen atoms in total. The number of halogens is 2. The van der Waals surface area contributed by atoms with E-state index in [9.17, 15) is 17.6 Å². The second-order valence-electron chi connectivity index (χ2n) is 5.12. The van der Waals surface area contributed by atoms with Crippen molar-refractivity contribution in [2.75, 3.05) is 11.6 Å². The van der Waals surface area contributed by atoms with E-state index in [-0.39, 0.29) is 10.6 Å². The van der Waals surface area contributed by atoms with Gasteiger partial charge in [-0.25, -0.2) is 12.8 Å². The van der Waals surface area contributed by atoms with Gasteiger partial charge in [0.05, 0.1) is 10.6 Å². The van der Waals surface area contributed by atoms with Gasteiger partial charge in [0, 0.05) is 11.3 Å². The monoisotopic (exact) mass is 371 g/mol. The minimum atomic E-state index is -3.52. The zero-order chi connectivity index (χ0) is 17.9. The number of sulfone groups is 1. The van der Waals surface area contributed by atoms with Gasteiger partial charge in [-0.2, -0.15) is 0 Å². The van der Waals surface area contributed by atoms with Gasteiger partial charge in [0.25, 0.3) is 5.91 Å². The molecule has 0 aliphatic heterocycles. The molecule has 0 aliphatic rings. The Morgan fingerprint density at radius 1 is 1.25 bits per heavy atom. The van der Waals surface area contributed by atoms with Crippen molar-refractivity contribution >= 4 is 33.0 Å². The first-order valence-electron chi connectivity index (χ1n) is 6.89. The predicted octanol–water partition coefficient (Wildman–Crippen LogP) is 3.29. The maximum absolute atomic E-state index is 13.8. The molecule has 8 heteroatoms. The fourth-order valence-electron chi connectivity index (χ4n) is 1.86. The Balaban J connectivity index is 2.14. The molecule has 0 saturated heterocycles. The highest BCUT2D eigenvalue weighted by Gasteiger charge is 2.18. The quantitative estimate of drug-likeness (QED) is 0.818. The number of nitrogens with one attached hydrogen (secondary N) is 1. The van der Waals surface area contributed by atoms with Gasteiger partial charge in [0.15, 0.2) is 15.9 Å². The molecule has 1 amide bonds. The van der Waals surface area contributed by atoms with Gasteiger partial charge < -0.3 is 10.1 Å². The first-order chi connectivity index (χ1) is 11.2. The van der Waals surface area contributed by atoms with Gasteiger partial charge in [-0.15, -0.1) is 0 Å². The summed E-state index contributed by atoms with van der Waals surface area (Å²) in [6.45, 7) is 1.48. The highest BCUT2D eigenvalue weighted by atomic mass is 35.5. The van der Waals surface area contributed by atoms with E-state index in [1.807, 2.05) is 0 Å². The number of ether oxygens (including phenoxy) is 1. The summed E-state index contributed by atoms with van der Waals surface area (Å²) in [5.41, 5.74) is -0.232. The van der Waals surface area contributed by atoms with Gasteiger partial charge in [0.1, 0.15) is 11.6 Å². The average molecular weight is 372 g/mol. The minimum absolute atomic E-state index is 0.0948. The number of anilines is 1. The van der Waals surface area contributed by atoms with Crippen molar-refractivity contribution in [1.82, 2.24) is 0 Å². The van der Waals surface area contributed by atoms with E-state index in [0.29, 0.717) is 10.8 Å². The molecular weight excluding hydrogens is 357 g/mol. The Morgan fingerprint density at radius 3 is 2.58 bits per heavy atom. The van der Waals surface area contributed by atoms with Crippen LogP contribution < -0.4 is 10.1 Å². The zero-order valence-electron chi connectivity index (χ0n) is 12.9. The number of amides is 1. The molecule has 0 aromatic heterocycles. The summed E-state index contributed by atoms with van der Waals surface area (Å²) in [6.07, 6.45) is 0.0567. The number of hydrogen-bond donors (Lipinski definition) is 1. The second-order valence-corrected chi connectivity index (χ2v) is 7.57. The third kappa shape index (κ3) is 4.69. The average Bonchev–Trinajstić information content (AvgIpc) is 2.48. The van der Waals surface area contributed by atoms with Crippen molar-refractivity contribution in [3.8, 4) is 5.75 Å². The smallest absolute Gasteiger partial charge is 0.265 e. The van der Waals surface area contributed by atoms with Crippen LogP contribution in [0, 0.1) is 5.82 Å². The number of carbonyl (C=O) groups excluding carboxylic acids is 1. The van der Waals surface area contributed by atoms with Crippen molar-refractivity contribution < 1.29 is 22.3 Å². The maximum Gasteiger partial charge on any atom is 0.265 e. The number of benzene rings is 2. The van der Waals surface area contributed by atoms with Crippen LogP contribution in [0.4, 0.5) is 10.1 Å². The topological polar surface area (TPSA) is 72.5 Å². The normalized spacial score (nSPS) is 12.5. The summed E-state index contributed by atoms with van der Waals surface area (Å²) in [6, 6.07) is 9.66. The minimum Gasteiger partial charge on any atom is -0.481 e. The molecule has 0 spiro atoms. The van der Waals surface area contributed by atoms with Gasteiger partial charge in [-0.05, 0) is 43.3 Å². The molecule has 0 fully saturated rings. The van der Waals surface area contributed by atoms with Gasteiger partial charge in [-0.3, -0.25) is 4.79 Å². The predicted molar refractivity (Wildman–Crippen MR) is 89.7 cm³/mol. The Labute approximate surface area is 144 Å². The highest BCUT2D eigenvalue weighted by Crippen LogP contribution is 2.21. The summed E-state index contributed by atoms with van der Waals surface area (Å²) < 4.78 is 42.3. The molecule has 2 aromatic rings. The lowest BCUT2D eigenvalue weighted by Crippen LogP contribution is -2.30. The lowest BCUT2D eigenvalue weighted by Gasteiger charge is -2.15. The van der Waals surface area contributed by atoms with Crippen LogP contribution in [0.1, 0.15) is 6.92 Å². The Morgan fingerprint density at radius 2 is 1.96 bits per heavy atom. The molecule has 1 N–H and O–H groups in total. The summed E-state index contributed by atoms with van der Waals surface area (Å²) in [7, 11) is -3.52. The Hall–Kier alpha value is -2.12. The lowest BCUT2D eigenvalue weighted by molar-refractivity contribution is -0.122. The maximum atomic E-state index is 13.8. The summed E-state index contributed by atoms with van der Waals surface area (Å²) in [5, 5.41) is 2.77. The third-order valence-corrected chi connectivity index (χ3v) is 4.45. The Kier molecular flexibility index (Phi) is 5.46. The molecule has 0 heterocycles. The van der Waals surface area contributed by atoms with Crippen LogP contribution >= 0.6 is 11.6 Å². The largest absolute Gasteiger partial charge is 0.481 e. The van der Waals surface area contributed by atoms with E-state index < -0.39 is 27.7 Å². The van der Waals surface area contributed by atoms with Crippen molar-refractivity contribution in [3.05, 3.63) is 53.3 Å². The van der Waals surface area contributed by atoms with E-state index in [1.165, 1.54) is 13.0 Å². The molecule has 1 atom stereocenters. The molecule has 2 aromatic carbocycles. The number of rotatable bonds is 5. The van der Waals surface area contributed by atoms with Gasteiger partial charge in [0.2, 0.25) is 0 Å².